The molecule has 0 radical (unpaired) electrons. The first-order valence-corrected chi connectivity index (χ1v) is 7.29. The Morgan fingerprint density at radius 1 is 1.26 bits per heavy atom. The molecule has 0 aliphatic heterocycles. The SMILES string of the molecule is NC1(c2noc(COc3cccc(C(F)(F)F)c3)n2)CCCC1. The van der Waals surface area contributed by atoms with Crippen LogP contribution >= 0.6 is 0 Å². The molecule has 23 heavy (non-hydrogen) atoms. The summed E-state index contributed by atoms with van der Waals surface area (Å²) < 4.78 is 48.3. The minimum atomic E-state index is -4.41. The summed E-state index contributed by atoms with van der Waals surface area (Å²) in [6, 6.07) is 4.63. The van der Waals surface area contributed by atoms with Gasteiger partial charge in [0.15, 0.2) is 12.4 Å². The van der Waals surface area contributed by atoms with Gasteiger partial charge in [0.1, 0.15) is 5.75 Å². The van der Waals surface area contributed by atoms with E-state index < -0.39 is 17.3 Å². The Morgan fingerprint density at radius 3 is 2.70 bits per heavy atom. The van der Waals surface area contributed by atoms with Gasteiger partial charge in [-0.1, -0.05) is 24.1 Å². The molecular formula is C15H16F3N3O2. The van der Waals surface area contributed by atoms with E-state index in [1.165, 1.54) is 12.1 Å². The highest BCUT2D eigenvalue weighted by Crippen LogP contribution is 2.35. The van der Waals surface area contributed by atoms with Gasteiger partial charge in [-0.25, -0.2) is 0 Å². The molecule has 1 aromatic heterocycles. The lowest BCUT2D eigenvalue weighted by Crippen LogP contribution is -2.34. The molecule has 124 valence electrons. The number of benzene rings is 1. The lowest BCUT2D eigenvalue weighted by atomic mass is 9.99. The van der Waals surface area contributed by atoms with Gasteiger partial charge in [-0.3, -0.25) is 0 Å². The highest BCUT2D eigenvalue weighted by Gasteiger charge is 2.36. The van der Waals surface area contributed by atoms with Gasteiger partial charge in [-0.15, -0.1) is 0 Å². The molecule has 1 aliphatic carbocycles. The molecule has 3 rings (SSSR count). The Kier molecular flexibility index (Phi) is 4.01. The summed E-state index contributed by atoms with van der Waals surface area (Å²) >= 11 is 0. The van der Waals surface area contributed by atoms with Gasteiger partial charge in [0, 0.05) is 0 Å². The van der Waals surface area contributed by atoms with E-state index in [-0.39, 0.29) is 18.2 Å². The van der Waals surface area contributed by atoms with Gasteiger partial charge in [0.25, 0.3) is 5.89 Å². The summed E-state index contributed by atoms with van der Waals surface area (Å²) in [4.78, 5) is 4.20. The minimum absolute atomic E-state index is 0.0860. The van der Waals surface area contributed by atoms with Crippen molar-refractivity contribution in [3.05, 3.63) is 41.5 Å². The maximum Gasteiger partial charge on any atom is 0.416 e. The molecule has 5 nitrogen and oxygen atoms in total. The predicted molar refractivity (Wildman–Crippen MR) is 74.4 cm³/mol. The van der Waals surface area contributed by atoms with E-state index in [0.29, 0.717) is 5.82 Å². The van der Waals surface area contributed by atoms with Crippen LogP contribution in [0.25, 0.3) is 0 Å². The third kappa shape index (κ3) is 3.47. The smallest absolute Gasteiger partial charge is 0.416 e. The van der Waals surface area contributed by atoms with E-state index >= 15 is 0 Å². The normalized spacial score (nSPS) is 17.4. The molecule has 1 heterocycles. The summed E-state index contributed by atoms with van der Waals surface area (Å²) in [5.74, 6) is 0.703. The zero-order valence-corrected chi connectivity index (χ0v) is 12.3. The Balaban J connectivity index is 1.66. The number of hydrogen-bond donors (Lipinski definition) is 1. The lowest BCUT2D eigenvalue weighted by Gasteiger charge is -2.17. The summed E-state index contributed by atoms with van der Waals surface area (Å²) in [6.45, 7) is -0.107. The van der Waals surface area contributed by atoms with Crippen LogP contribution in [-0.4, -0.2) is 10.1 Å². The highest BCUT2D eigenvalue weighted by molar-refractivity contribution is 5.30. The van der Waals surface area contributed by atoms with E-state index in [4.69, 9.17) is 15.0 Å². The van der Waals surface area contributed by atoms with E-state index in [1.54, 1.807) is 0 Å². The second-order valence-corrected chi connectivity index (χ2v) is 5.69. The van der Waals surface area contributed by atoms with Crippen molar-refractivity contribution in [3.8, 4) is 5.75 Å². The second-order valence-electron chi connectivity index (χ2n) is 5.69. The van der Waals surface area contributed by atoms with Crippen molar-refractivity contribution in [1.82, 2.24) is 10.1 Å². The van der Waals surface area contributed by atoms with Crippen LogP contribution in [0.1, 0.15) is 43.0 Å². The van der Waals surface area contributed by atoms with Crippen LogP contribution in [0.2, 0.25) is 0 Å². The number of ether oxygens (including phenoxy) is 1. The number of halogens is 3. The molecule has 1 fully saturated rings. The minimum Gasteiger partial charge on any atom is -0.484 e. The topological polar surface area (TPSA) is 74.2 Å². The van der Waals surface area contributed by atoms with Gasteiger partial charge in [-0.05, 0) is 31.0 Å². The third-order valence-electron chi connectivity index (χ3n) is 3.93. The van der Waals surface area contributed by atoms with Crippen LogP contribution in [0, 0.1) is 0 Å². The van der Waals surface area contributed by atoms with E-state index in [1.807, 2.05) is 0 Å². The van der Waals surface area contributed by atoms with Gasteiger partial charge in [0.05, 0.1) is 11.1 Å². The quantitative estimate of drug-likeness (QED) is 0.931. The van der Waals surface area contributed by atoms with Crippen molar-refractivity contribution >= 4 is 0 Å². The maximum absolute atomic E-state index is 12.6. The van der Waals surface area contributed by atoms with Crippen LogP contribution in [0.5, 0.6) is 5.75 Å². The zero-order valence-electron chi connectivity index (χ0n) is 12.3. The molecule has 1 aromatic carbocycles. The predicted octanol–water partition coefficient (Wildman–Crippen LogP) is 3.40. The fourth-order valence-corrected chi connectivity index (χ4v) is 2.65. The van der Waals surface area contributed by atoms with Crippen LogP contribution in [-0.2, 0) is 18.3 Å². The van der Waals surface area contributed by atoms with Crippen LogP contribution in [0.15, 0.2) is 28.8 Å². The van der Waals surface area contributed by atoms with E-state index in [0.717, 1.165) is 37.8 Å². The summed E-state index contributed by atoms with van der Waals surface area (Å²) in [6.07, 6.45) is -0.797. The van der Waals surface area contributed by atoms with Gasteiger partial charge >= 0.3 is 6.18 Å². The van der Waals surface area contributed by atoms with Gasteiger partial charge < -0.3 is 15.0 Å². The first kappa shape index (κ1) is 15.8. The Hall–Kier alpha value is -2.09. The largest absolute Gasteiger partial charge is 0.484 e. The lowest BCUT2D eigenvalue weighted by molar-refractivity contribution is -0.137. The average molecular weight is 327 g/mol. The zero-order chi connectivity index (χ0) is 16.5. The Morgan fingerprint density at radius 2 is 2.00 bits per heavy atom. The van der Waals surface area contributed by atoms with Crippen molar-refractivity contribution in [2.45, 2.75) is 44.0 Å². The number of nitrogens with two attached hydrogens (primary N) is 1. The first-order valence-electron chi connectivity index (χ1n) is 7.29. The molecule has 0 bridgehead atoms. The van der Waals surface area contributed by atoms with E-state index in [2.05, 4.69) is 10.1 Å². The van der Waals surface area contributed by atoms with Crippen molar-refractivity contribution in [1.29, 1.82) is 0 Å². The second kappa shape index (κ2) is 5.84. The van der Waals surface area contributed by atoms with Crippen molar-refractivity contribution in [2.24, 2.45) is 5.73 Å². The summed E-state index contributed by atoms with van der Waals surface area (Å²) in [5, 5.41) is 3.87. The third-order valence-corrected chi connectivity index (χ3v) is 3.93. The molecular weight excluding hydrogens is 311 g/mol. The average Bonchev–Trinajstić information content (AvgIpc) is 3.14. The van der Waals surface area contributed by atoms with E-state index in [9.17, 15) is 13.2 Å². The molecule has 0 unspecified atom stereocenters. The van der Waals surface area contributed by atoms with Crippen LogP contribution in [0.3, 0.4) is 0 Å². The molecule has 8 heteroatoms. The number of nitrogens with zero attached hydrogens (tertiary/aromatic N) is 2. The molecule has 2 N–H and O–H groups in total. The molecule has 2 aromatic rings. The molecule has 0 amide bonds. The maximum atomic E-state index is 12.6. The first-order chi connectivity index (χ1) is 10.9. The van der Waals surface area contributed by atoms with Crippen molar-refractivity contribution < 1.29 is 22.4 Å². The van der Waals surface area contributed by atoms with Crippen molar-refractivity contribution in [2.75, 3.05) is 0 Å². The molecule has 1 aliphatic rings. The highest BCUT2D eigenvalue weighted by atomic mass is 19.4. The van der Waals surface area contributed by atoms with Gasteiger partial charge in [0.2, 0.25) is 0 Å². The molecule has 0 saturated heterocycles. The fourth-order valence-electron chi connectivity index (χ4n) is 2.65. The number of aromatic nitrogens is 2. The van der Waals surface area contributed by atoms with Crippen molar-refractivity contribution in [3.63, 3.8) is 0 Å². The Bertz CT molecular complexity index is 679. The molecule has 0 spiro atoms. The van der Waals surface area contributed by atoms with Crippen LogP contribution < -0.4 is 10.5 Å². The number of rotatable bonds is 4. The van der Waals surface area contributed by atoms with Crippen LogP contribution in [0.4, 0.5) is 13.2 Å². The van der Waals surface area contributed by atoms with Gasteiger partial charge in [-0.2, -0.15) is 18.2 Å². The standard InChI is InChI=1S/C15H16F3N3O2/c16-15(17,18)10-4-3-5-11(8-10)22-9-12-20-13(21-23-12)14(19)6-1-2-7-14/h3-5,8H,1-2,6-7,9,19H2. The monoisotopic (exact) mass is 327 g/mol. The number of alkyl halides is 3. The summed E-state index contributed by atoms with van der Waals surface area (Å²) in [5.41, 5.74) is 4.88. The summed E-state index contributed by atoms with van der Waals surface area (Å²) in [7, 11) is 0. The fraction of sp³-hybridized carbons (Fsp3) is 0.467. The Labute approximate surface area is 130 Å². The molecule has 1 saturated carbocycles. The molecule has 0 atom stereocenters. The number of hydrogen-bond acceptors (Lipinski definition) is 5.